The molecule has 2 heteroatoms. The van der Waals surface area contributed by atoms with Crippen LogP contribution in [0.4, 0.5) is 0 Å². The van der Waals surface area contributed by atoms with Crippen molar-refractivity contribution in [2.75, 3.05) is 19.6 Å². The monoisotopic (exact) mass is 210 g/mol. The number of rotatable bonds is 6. The highest BCUT2D eigenvalue weighted by molar-refractivity contribution is 4.86. The highest BCUT2D eigenvalue weighted by Crippen LogP contribution is 2.34. The Kier molecular flexibility index (Phi) is 4.04. The average Bonchev–Trinajstić information content (AvgIpc) is 2.96. The van der Waals surface area contributed by atoms with Gasteiger partial charge in [-0.1, -0.05) is 26.2 Å². The molecule has 0 radical (unpaired) electrons. The Hall–Kier alpha value is -0.0800. The molecular weight excluding hydrogens is 184 g/mol. The van der Waals surface area contributed by atoms with Crippen LogP contribution in [0.2, 0.25) is 0 Å². The van der Waals surface area contributed by atoms with Crippen LogP contribution < -0.4 is 5.73 Å². The third-order valence-electron chi connectivity index (χ3n) is 4.32. The molecule has 2 nitrogen and oxygen atoms in total. The minimum Gasteiger partial charge on any atom is -0.330 e. The zero-order chi connectivity index (χ0) is 10.7. The van der Waals surface area contributed by atoms with E-state index in [1.54, 1.807) is 0 Å². The van der Waals surface area contributed by atoms with Crippen molar-refractivity contribution in [3.8, 4) is 0 Å². The third kappa shape index (κ3) is 2.94. The summed E-state index contributed by atoms with van der Waals surface area (Å²) in [6.07, 6.45) is 8.56. The van der Waals surface area contributed by atoms with Crippen LogP contribution in [0.3, 0.4) is 0 Å². The van der Waals surface area contributed by atoms with Crippen LogP contribution in [0.25, 0.3) is 0 Å². The van der Waals surface area contributed by atoms with Crippen molar-refractivity contribution in [1.29, 1.82) is 0 Å². The average molecular weight is 210 g/mol. The Morgan fingerprint density at radius 1 is 1.20 bits per heavy atom. The van der Waals surface area contributed by atoms with Crippen molar-refractivity contribution in [3.63, 3.8) is 0 Å². The van der Waals surface area contributed by atoms with E-state index < -0.39 is 0 Å². The lowest BCUT2D eigenvalue weighted by Crippen LogP contribution is -2.40. The van der Waals surface area contributed by atoms with Gasteiger partial charge < -0.3 is 10.6 Å². The minimum atomic E-state index is 0.782. The molecule has 0 amide bonds. The van der Waals surface area contributed by atoms with E-state index >= 15 is 0 Å². The predicted octanol–water partition coefficient (Wildman–Crippen LogP) is 2.24. The van der Waals surface area contributed by atoms with Gasteiger partial charge in [0.2, 0.25) is 0 Å². The maximum atomic E-state index is 5.86. The van der Waals surface area contributed by atoms with Gasteiger partial charge in [-0.15, -0.1) is 0 Å². The lowest BCUT2D eigenvalue weighted by molar-refractivity contribution is 0.166. The van der Waals surface area contributed by atoms with Gasteiger partial charge >= 0.3 is 0 Å². The first-order chi connectivity index (χ1) is 7.35. The molecule has 2 unspecified atom stereocenters. The first-order valence-corrected chi connectivity index (χ1v) is 6.79. The Bertz CT molecular complexity index is 189. The van der Waals surface area contributed by atoms with Gasteiger partial charge in [-0.2, -0.15) is 0 Å². The summed E-state index contributed by atoms with van der Waals surface area (Å²) in [6, 6.07) is 0.804. The fourth-order valence-corrected chi connectivity index (χ4v) is 3.09. The normalized spacial score (nSPS) is 31.4. The van der Waals surface area contributed by atoms with Crippen molar-refractivity contribution in [3.05, 3.63) is 0 Å². The molecule has 0 aromatic rings. The van der Waals surface area contributed by atoms with Gasteiger partial charge in [0.25, 0.3) is 0 Å². The van der Waals surface area contributed by atoms with Gasteiger partial charge in [-0.3, -0.25) is 0 Å². The quantitative estimate of drug-likeness (QED) is 0.728. The van der Waals surface area contributed by atoms with Crippen LogP contribution in [-0.2, 0) is 0 Å². The van der Waals surface area contributed by atoms with E-state index in [1.807, 2.05) is 0 Å². The van der Waals surface area contributed by atoms with Gasteiger partial charge in [0.15, 0.2) is 0 Å². The molecule has 0 aliphatic heterocycles. The van der Waals surface area contributed by atoms with Crippen molar-refractivity contribution in [1.82, 2.24) is 4.90 Å². The lowest BCUT2D eigenvalue weighted by atomic mass is 10.0. The van der Waals surface area contributed by atoms with Crippen LogP contribution in [0.1, 0.15) is 45.4 Å². The molecule has 2 aliphatic carbocycles. The zero-order valence-electron chi connectivity index (χ0n) is 10.1. The van der Waals surface area contributed by atoms with Crippen molar-refractivity contribution < 1.29 is 0 Å². The van der Waals surface area contributed by atoms with Crippen LogP contribution in [-0.4, -0.2) is 30.6 Å². The molecular formula is C13H26N2. The molecule has 88 valence electrons. The van der Waals surface area contributed by atoms with E-state index in [0.29, 0.717) is 0 Å². The Morgan fingerprint density at radius 3 is 2.60 bits per heavy atom. The topological polar surface area (TPSA) is 29.3 Å². The molecule has 0 aromatic heterocycles. The summed E-state index contributed by atoms with van der Waals surface area (Å²) in [4.78, 5) is 2.70. The lowest BCUT2D eigenvalue weighted by Gasteiger charge is -2.31. The molecule has 2 N–H and O–H groups in total. The maximum Gasteiger partial charge on any atom is 0.0135 e. The molecule has 0 saturated heterocycles. The summed E-state index contributed by atoms with van der Waals surface area (Å²) in [7, 11) is 0. The SMILES string of the molecule is CCN(CCC1CC1)C1CCCC1CN. The van der Waals surface area contributed by atoms with Gasteiger partial charge in [0.05, 0.1) is 0 Å². The second-order valence-electron chi connectivity index (χ2n) is 5.35. The highest BCUT2D eigenvalue weighted by atomic mass is 15.2. The fourth-order valence-electron chi connectivity index (χ4n) is 3.09. The number of nitrogens with two attached hydrogens (primary N) is 1. The molecule has 2 aliphatic rings. The van der Waals surface area contributed by atoms with E-state index in [0.717, 1.165) is 24.4 Å². The summed E-state index contributed by atoms with van der Waals surface area (Å²) >= 11 is 0. The Morgan fingerprint density at radius 2 is 2.00 bits per heavy atom. The zero-order valence-corrected chi connectivity index (χ0v) is 10.1. The smallest absolute Gasteiger partial charge is 0.0135 e. The summed E-state index contributed by atoms with van der Waals surface area (Å²) in [5, 5.41) is 0. The van der Waals surface area contributed by atoms with E-state index in [9.17, 15) is 0 Å². The third-order valence-corrected chi connectivity index (χ3v) is 4.32. The molecule has 0 aromatic carbocycles. The summed E-state index contributed by atoms with van der Waals surface area (Å²) in [5.74, 6) is 1.85. The van der Waals surface area contributed by atoms with Crippen molar-refractivity contribution >= 4 is 0 Å². The Labute approximate surface area is 94.2 Å². The standard InChI is InChI=1S/C13H26N2/c1-2-15(9-8-11-6-7-11)13-5-3-4-12(13)10-14/h11-13H,2-10,14H2,1H3. The molecule has 2 fully saturated rings. The van der Waals surface area contributed by atoms with Gasteiger partial charge in [0, 0.05) is 6.04 Å². The van der Waals surface area contributed by atoms with Gasteiger partial charge in [0.1, 0.15) is 0 Å². The molecule has 2 atom stereocenters. The molecule has 0 heterocycles. The number of hydrogen-bond acceptors (Lipinski definition) is 2. The summed E-state index contributed by atoms with van der Waals surface area (Å²) in [5.41, 5.74) is 5.86. The minimum absolute atomic E-state index is 0.782. The van der Waals surface area contributed by atoms with Crippen LogP contribution in [0, 0.1) is 11.8 Å². The largest absolute Gasteiger partial charge is 0.330 e. The second-order valence-corrected chi connectivity index (χ2v) is 5.35. The Balaban J connectivity index is 1.80. The second kappa shape index (κ2) is 5.31. The van der Waals surface area contributed by atoms with Crippen LogP contribution in [0.15, 0.2) is 0 Å². The maximum absolute atomic E-state index is 5.86. The van der Waals surface area contributed by atoms with Crippen LogP contribution in [0.5, 0.6) is 0 Å². The summed E-state index contributed by atoms with van der Waals surface area (Å²) in [6.45, 7) is 5.74. The number of nitrogens with zero attached hydrogens (tertiary/aromatic N) is 1. The van der Waals surface area contributed by atoms with Crippen molar-refractivity contribution in [2.45, 2.75) is 51.5 Å². The van der Waals surface area contributed by atoms with Crippen molar-refractivity contribution in [2.24, 2.45) is 17.6 Å². The van der Waals surface area contributed by atoms with E-state index in [4.69, 9.17) is 5.73 Å². The fraction of sp³-hybridized carbons (Fsp3) is 1.00. The number of hydrogen-bond donors (Lipinski definition) is 1. The first-order valence-electron chi connectivity index (χ1n) is 6.79. The molecule has 2 saturated carbocycles. The van der Waals surface area contributed by atoms with E-state index in [2.05, 4.69) is 11.8 Å². The predicted molar refractivity (Wildman–Crippen MR) is 64.8 cm³/mol. The first kappa shape index (κ1) is 11.4. The van der Waals surface area contributed by atoms with Gasteiger partial charge in [-0.25, -0.2) is 0 Å². The molecule has 0 bridgehead atoms. The molecule has 2 rings (SSSR count). The molecule has 15 heavy (non-hydrogen) atoms. The van der Waals surface area contributed by atoms with Crippen LogP contribution >= 0.6 is 0 Å². The van der Waals surface area contributed by atoms with E-state index in [-0.39, 0.29) is 0 Å². The summed E-state index contributed by atoms with van der Waals surface area (Å²) < 4.78 is 0. The van der Waals surface area contributed by atoms with Gasteiger partial charge in [-0.05, 0) is 50.7 Å². The van der Waals surface area contributed by atoms with E-state index in [1.165, 1.54) is 51.6 Å². The molecule has 0 spiro atoms. The highest BCUT2D eigenvalue weighted by Gasteiger charge is 2.31.